The summed E-state index contributed by atoms with van der Waals surface area (Å²) in [6.45, 7) is 2.29. The highest BCUT2D eigenvalue weighted by molar-refractivity contribution is 8.06. The highest BCUT2D eigenvalue weighted by atomic mass is 32.2. The van der Waals surface area contributed by atoms with Crippen molar-refractivity contribution in [3.05, 3.63) is 0 Å². The van der Waals surface area contributed by atoms with Gasteiger partial charge in [-0.15, -0.1) is 0 Å². The normalized spacial score (nSPS) is 20.6. The molecule has 0 bridgehead atoms. The Bertz CT molecular complexity index is 217. The third-order valence-corrected chi connectivity index (χ3v) is 7.45. The molecule has 126 valence electrons. The zero-order valence-electron chi connectivity index (χ0n) is 14.4. The van der Waals surface area contributed by atoms with Crippen molar-refractivity contribution in [3.8, 4) is 0 Å². The van der Waals surface area contributed by atoms with Crippen LogP contribution in [-0.2, 0) is 0 Å². The fourth-order valence-electron chi connectivity index (χ4n) is 3.11. The minimum absolute atomic E-state index is 0.747. The summed E-state index contributed by atoms with van der Waals surface area (Å²) in [5, 5.41) is 4.42. The third-order valence-electron chi connectivity index (χ3n) is 4.53. The second-order valence-corrected chi connectivity index (χ2v) is 8.85. The van der Waals surface area contributed by atoms with Crippen molar-refractivity contribution in [2.45, 2.75) is 88.8 Å². The van der Waals surface area contributed by atoms with Crippen LogP contribution in [0.15, 0.2) is 0 Å². The van der Waals surface area contributed by atoms with Gasteiger partial charge in [0.2, 0.25) is 0 Å². The fraction of sp³-hybridized carbons (Fsp3) is 1.00. The first-order valence-electron chi connectivity index (χ1n) is 9.25. The van der Waals surface area contributed by atoms with Gasteiger partial charge in [-0.05, 0) is 13.5 Å². The quantitative estimate of drug-likeness (QED) is 0.433. The van der Waals surface area contributed by atoms with E-state index in [2.05, 4.69) is 42.8 Å². The van der Waals surface area contributed by atoms with Crippen LogP contribution >= 0.6 is 23.5 Å². The first-order valence-corrected chi connectivity index (χ1v) is 11.5. The molecule has 0 aromatic rings. The van der Waals surface area contributed by atoms with Gasteiger partial charge >= 0.3 is 0 Å². The topological polar surface area (TPSA) is 12.0 Å². The van der Waals surface area contributed by atoms with Gasteiger partial charge in [0, 0.05) is 28.6 Å². The standard InChI is InChI=1S/C18H37NS2/c1-3-4-5-6-7-8-9-10-11-12-13-17(19-2)18-16-20-14-15-21-18/h17-19H,3-16H2,1-2H3. The summed E-state index contributed by atoms with van der Waals surface area (Å²) in [7, 11) is 2.15. The van der Waals surface area contributed by atoms with Crippen LogP contribution in [0.3, 0.4) is 0 Å². The van der Waals surface area contributed by atoms with E-state index in [0.29, 0.717) is 0 Å². The summed E-state index contributed by atoms with van der Waals surface area (Å²) in [5.74, 6) is 4.06. The molecule has 2 atom stereocenters. The number of unbranched alkanes of at least 4 members (excludes halogenated alkanes) is 9. The molecule has 1 N–H and O–H groups in total. The van der Waals surface area contributed by atoms with Crippen LogP contribution in [0.4, 0.5) is 0 Å². The molecule has 1 saturated heterocycles. The molecule has 0 spiro atoms. The molecule has 1 aliphatic rings. The molecule has 3 heteroatoms. The van der Waals surface area contributed by atoms with Crippen molar-refractivity contribution < 1.29 is 0 Å². The number of rotatable bonds is 13. The molecule has 21 heavy (non-hydrogen) atoms. The van der Waals surface area contributed by atoms with Gasteiger partial charge in [0.1, 0.15) is 0 Å². The Kier molecular flexibility index (Phi) is 13.4. The second kappa shape index (κ2) is 14.3. The molecule has 0 aromatic heterocycles. The monoisotopic (exact) mass is 331 g/mol. The summed E-state index contributed by atoms with van der Waals surface area (Å²) >= 11 is 4.34. The van der Waals surface area contributed by atoms with E-state index in [1.54, 1.807) is 0 Å². The molecular formula is C18H37NS2. The Morgan fingerprint density at radius 2 is 1.52 bits per heavy atom. The van der Waals surface area contributed by atoms with Gasteiger partial charge in [-0.2, -0.15) is 23.5 Å². The first kappa shape index (κ1) is 19.7. The van der Waals surface area contributed by atoms with E-state index < -0.39 is 0 Å². The van der Waals surface area contributed by atoms with Crippen LogP contribution < -0.4 is 5.32 Å². The zero-order valence-corrected chi connectivity index (χ0v) is 16.0. The number of hydrogen-bond donors (Lipinski definition) is 1. The number of nitrogens with one attached hydrogen (secondary N) is 1. The van der Waals surface area contributed by atoms with Crippen molar-refractivity contribution in [1.29, 1.82) is 0 Å². The molecule has 0 amide bonds. The maximum atomic E-state index is 3.57. The Morgan fingerprint density at radius 1 is 0.905 bits per heavy atom. The Hall–Kier alpha value is 0.660. The van der Waals surface area contributed by atoms with Gasteiger partial charge < -0.3 is 5.32 Å². The van der Waals surface area contributed by atoms with Crippen molar-refractivity contribution in [2.75, 3.05) is 24.3 Å². The van der Waals surface area contributed by atoms with E-state index in [-0.39, 0.29) is 0 Å². The van der Waals surface area contributed by atoms with E-state index in [1.807, 2.05) is 0 Å². The van der Waals surface area contributed by atoms with Gasteiger partial charge in [-0.3, -0.25) is 0 Å². The van der Waals surface area contributed by atoms with Crippen molar-refractivity contribution >= 4 is 23.5 Å². The SMILES string of the molecule is CCCCCCCCCCCCC(NC)C1CSCCS1. The molecule has 1 aliphatic heterocycles. The fourth-order valence-corrected chi connectivity index (χ4v) is 6.07. The molecule has 0 radical (unpaired) electrons. The van der Waals surface area contributed by atoms with Gasteiger partial charge in [0.05, 0.1) is 0 Å². The molecular weight excluding hydrogens is 294 g/mol. The lowest BCUT2D eigenvalue weighted by molar-refractivity contribution is 0.477. The third kappa shape index (κ3) is 10.1. The predicted octanol–water partition coefficient (Wildman–Crippen LogP) is 5.73. The highest BCUT2D eigenvalue weighted by Gasteiger charge is 2.22. The van der Waals surface area contributed by atoms with Gasteiger partial charge in [-0.1, -0.05) is 71.1 Å². The molecule has 2 unspecified atom stereocenters. The summed E-state index contributed by atoms with van der Waals surface area (Å²) in [6, 6.07) is 0.747. The van der Waals surface area contributed by atoms with E-state index in [0.717, 1.165) is 11.3 Å². The predicted molar refractivity (Wildman–Crippen MR) is 103 cm³/mol. The summed E-state index contributed by atoms with van der Waals surface area (Å²) in [4.78, 5) is 0. The average Bonchev–Trinajstić information content (AvgIpc) is 2.54. The highest BCUT2D eigenvalue weighted by Crippen LogP contribution is 2.28. The summed E-state index contributed by atoms with van der Waals surface area (Å²) < 4.78 is 0. The van der Waals surface area contributed by atoms with Crippen LogP contribution in [0.1, 0.15) is 77.6 Å². The van der Waals surface area contributed by atoms with E-state index >= 15 is 0 Å². The van der Waals surface area contributed by atoms with Gasteiger partial charge in [0.25, 0.3) is 0 Å². The lowest BCUT2D eigenvalue weighted by Crippen LogP contribution is -2.38. The van der Waals surface area contributed by atoms with Gasteiger partial charge in [-0.25, -0.2) is 0 Å². The Labute approximate surface area is 142 Å². The Balaban J connectivity index is 1.90. The Morgan fingerprint density at radius 3 is 2.05 bits per heavy atom. The van der Waals surface area contributed by atoms with Crippen LogP contribution in [0.25, 0.3) is 0 Å². The smallest absolute Gasteiger partial charge is 0.0291 e. The van der Waals surface area contributed by atoms with Crippen LogP contribution in [0, 0.1) is 0 Å². The molecule has 1 nitrogen and oxygen atoms in total. The largest absolute Gasteiger partial charge is 0.316 e. The van der Waals surface area contributed by atoms with Crippen LogP contribution in [0.5, 0.6) is 0 Å². The number of thioether (sulfide) groups is 2. The first-order chi connectivity index (χ1) is 10.4. The van der Waals surface area contributed by atoms with Crippen molar-refractivity contribution in [1.82, 2.24) is 5.32 Å². The zero-order chi connectivity index (χ0) is 15.2. The molecule has 0 aromatic carbocycles. The van der Waals surface area contributed by atoms with Crippen LogP contribution in [-0.4, -0.2) is 35.6 Å². The maximum Gasteiger partial charge on any atom is 0.0291 e. The van der Waals surface area contributed by atoms with Crippen molar-refractivity contribution in [3.63, 3.8) is 0 Å². The minimum atomic E-state index is 0.747. The maximum absolute atomic E-state index is 3.57. The molecule has 1 heterocycles. The summed E-state index contributed by atoms with van der Waals surface area (Å²) in [5.41, 5.74) is 0. The minimum Gasteiger partial charge on any atom is -0.316 e. The van der Waals surface area contributed by atoms with Crippen LogP contribution in [0.2, 0.25) is 0 Å². The van der Waals surface area contributed by atoms with E-state index in [1.165, 1.54) is 87.9 Å². The van der Waals surface area contributed by atoms with E-state index in [4.69, 9.17) is 0 Å². The lowest BCUT2D eigenvalue weighted by Gasteiger charge is -2.29. The van der Waals surface area contributed by atoms with Crippen molar-refractivity contribution in [2.24, 2.45) is 0 Å². The lowest BCUT2D eigenvalue weighted by atomic mass is 10.0. The number of hydrogen-bond acceptors (Lipinski definition) is 3. The average molecular weight is 332 g/mol. The molecule has 0 aliphatic carbocycles. The van der Waals surface area contributed by atoms with E-state index in [9.17, 15) is 0 Å². The molecule has 1 fully saturated rings. The molecule has 0 saturated carbocycles. The summed E-state index contributed by atoms with van der Waals surface area (Å²) in [6.07, 6.45) is 15.8. The van der Waals surface area contributed by atoms with Gasteiger partial charge in [0.15, 0.2) is 0 Å². The second-order valence-electron chi connectivity index (χ2n) is 6.35. The molecule has 1 rings (SSSR count).